The summed E-state index contributed by atoms with van der Waals surface area (Å²) in [6.45, 7) is 0.894. The van der Waals surface area contributed by atoms with Gasteiger partial charge in [0.05, 0.1) is 5.69 Å². The molecule has 1 aliphatic rings. The zero-order valence-electron chi connectivity index (χ0n) is 15.8. The molecule has 10 heteroatoms. The average Bonchev–Trinajstić information content (AvgIpc) is 3.25. The summed E-state index contributed by atoms with van der Waals surface area (Å²) in [7, 11) is -2.52. The van der Waals surface area contributed by atoms with Crippen LogP contribution in [-0.4, -0.2) is 34.6 Å². The van der Waals surface area contributed by atoms with Crippen molar-refractivity contribution in [3.8, 4) is 11.5 Å². The van der Waals surface area contributed by atoms with E-state index < -0.39 is 15.9 Å². The van der Waals surface area contributed by atoms with Crippen LogP contribution in [0.15, 0.2) is 58.8 Å². The molecule has 4 rings (SSSR count). The Kier molecular flexibility index (Phi) is 5.59. The SMILES string of the molecule is CN(c1ccc(Cl)cc1)S(=O)(=O)c1ccsc1C(=O)Nc1ccc2c(c1)OCCO2. The number of carbonyl (C=O) groups excluding carboxylic acids is 1. The number of hydrogen-bond donors (Lipinski definition) is 1. The van der Waals surface area contributed by atoms with Crippen LogP contribution in [0.1, 0.15) is 9.67 Å². The molecule has 0 aliphatic carbocycles. The molecule has 2 aromatic carbocycles. The largest absolute Gasteiger partial charge is 0.486 e. The molecule has 156 valence electrons. The average molecular weight is 465 g/mol. The minimum absolute atomic E-state index is 0.0695. The second kappa shape index (κ2) is 8.17. The molecule has 3 aromatic rings. The Morgan fingerprint density at radius 1 is 1.07 bits per heavy atom. The van der Waals surface area contributed by atoms with Crippen molar-refractivity contribution in [1.82, 2.24) is 0 Å². The van der Waals surface area contributed by atoms with Crippen molar-refractivity contribution in [2.24, 2.45) is 0 Å². The number of fused-ring (bicyclic) bond motifs is 1. The van der Waals surface area contributed by atoms with E-state index in [1.165, 1.54) is 13.1 Å². The smallest absolute Gasteiger partial charge is 0.267 e. The minimum Gasteiger partial charge on any atom is -0.486 e. The second-order valence-electron chi connectivity index (χ2n) is 6.38. The Morgan fingerprint density at radius 2 is 1.77 bits per heavy atom. The number of hydrogen-bond acceptors (Lipinski definition) is 6. The van der Waals surface area contributed by atoms with Crippen molar-refractivity contribution in [1.29, 1.82) is 0 Å². The van der Waals surface area contributed by atoms with E-state index in [9.17, 15) is 13.2 Å². The van der Waals surface area contributed by atoms with Crippen molar-refractivity contribution in [2.45, 2.75) is 4.90 Å². The molecule has 0 saturated heterocycles. The van der Waals surface area contributed by atoms with E-state index in [4.69, 9.17) is 21.1 Å². The highest BCUT2D eigenvalue weighted by molar-refractivity contribution is 7.93. The Morgan fingerprint density at radius 3 is 2.50 bits per heavy atom. The number of thiophene rings is 1. The van der Waals surface area contributed by atoms with Gasteiger partial charge in [0.1, 0.15) is 23.0 Å². The first-order valence-corrected chi connectivity index (χ1v) is 11.6. The molecule has 0 saturated carbocycles. The Hall–Kier alpha value is -2.75. The number of nitrogens with one attached hydrogen (secondary N) is 1. The predicted molar refractivity (Wildman–Crippen MR) is 117 cm³/mol. The standard InChI is InChI=1S/C20H17ClN2O5S2/c1-23(15-5-2-13(21)3-6-15)30(25,26)18-8-11-29-19(18)20(24)22-14-4-7-16-17(12-14)28-10-9-27-16/h2-8,11-12H,9-10H2,1H3,(H,22,24). The number of nitrogens with zero attached hydrogens (tertiary/aromatic N) is 1. The first kappa shape index (κ1) is 20.5. The summed E-state index contributed by atoms with van der Waals surface area (Å²) < 4.78 is 38.4. The molecule has 0 atom stereocenters. The molecule has 2 heterocycles. The molecule has 1 amide bonds. The third kappa shape index (κ3) is 3.96. The van der Waals surface area contributed by atoms with Crippen molar-refractivity contribution in [2.75, 3.05) is 29.9 Å². The van der Waals surface area contributed by atoms with Crippen LogP contribution in [0.5, 0.6) is 11.5 Å². The Balaban J connectivity index is 1.59. The van der Waals surface area contributed by atoms with Crippen LogP contribution in [-0.2, 0) is 10.0 Å². The van der Waals surface area contributed by atoms with Crippen LogP contribution in [0.2, 0.25) is 5.02 Å². The fourth-order valence-corrected chi connectivity index (χ4v) is 5.53. The zero-order valence-corrected chi connectivity index (χ0v) is 18.2. The number of amides is 1. The molecule has 7 nitrogen and oxygen atoms in total. The molecule has 0 bridgehead atoms. The van der Waals surface area contributed by atoms with Gasteiger partial charge in [-0.15, -0.1) is 11.3 Å². The summed E-state index contributed by atoms with van der Waals surface area (Å²) in [4.78, 5) is 12.9. The molecule has 0 spiro atoms. The molecule has 0 unspecified atom stereocenters. The van der Waals surface area contributed by atoms with E-state index >= 15 is 0 Å². The van der Waals surface area contributed by atoms with Gasteiger partial charge in [0.25, 0.3) is 15.9 Å². The molecule has 30 heavy (non-hydrogen) atoms. The molecule has 1 aromatic heterocycles. The summed E-state index contributed by atoms with van der Waals surface area (Å²) in [6, 6.07) is 12.8. The highest BCUT2D eigenvalue weighted by Gasteiger charge is 2.28. The third-order valence-corrected chi connectivity index (χ3v) is 7.59. The highest BCUT2D eigenvalue weighted by Crippen LogP contribution is 2.34. The lowest BCUT2D eigenvalue weighted by atomic mass is 10.2. The first-order chi connectivity index (χ1) is 14.4. The number of ether oxygens (including phenoxy) is 2. The minimum atomic E-state index is -3.95. The quantitative estimate of drug-likeness (QED) is 0.610. The Bertz CT molecular complexity index is 1190. The van der Waals surface area contributed by atoms with Crippen molar-refractivity contribution >= 4 is 50.2 Å². The van der Waals surface area contributed by atoms with Crippen molar-refractivity contribution in [3.63, 3.8) is 0 Å². The second-order valence-corrected chi connectivity index (χ2v) is 9.67. The van der Waals surface area contributed by atoms with Gasteiger partial charge in [-0.05, 0) is 47.8 Å². The number of anilines is 2. The fourth-order valence-electron chi connectivity index (χ4n) is 2.91. The van der Waals surface area contributed by atoms with Crippen LogP contribution in [0.25, 0.3) is 0 Å². The van der Waals surface area contributed by atoms with Gasteiger partial charge < -0.3 is 14.8 Å². The van der Waals surface area contributed by atoms with E-state index in [0.717, 1.165) is 15.6 Å². The first-order valence-electron chi connectivity index (χ1n) is 8.89. The maximum Gasteiger partial charge on any atom is 0.267 e. The third-order valence-electron chi connectivity index (χ3n) is 4.46. The number of benzene rings is 2. The molecule has 0 radical (unpaired) electrons. The summed E-state index contributed by atoms with van der Waals surface area (Å²) in [5, 5.41) is 4.80. The van der Waals surface area contributed by atoms with Gasteiger partial charge in [-0.25, -0.2) is 8.42 Å². The van der Waals surface area contributed by atoms with Crippen LogP contribution < -0.4 is 19.1 Å². The molecule has 1 aliphatic heterocycles. The van der Waals surface area contributed by atoms with E-state index in [1.54, 1.807) is 47.8 Å². The number of halogens is 1. The van der Waals surface area contributed by atoms with E-state index in [1.807, 2.05) is 0 Å². The van der Waals surface area contributed by atoms with E-state index in [-0.39, 0.29) is 9.77 Å². The van der Waals surface area contributed by atoms with E-state index in [2.05, 4.69) is 5.32 Å². The summed E-state index contributed by atoms with van der Waals surface area (Å²) >= 11 is 6.93. The van der Waals surface area contributed by atoms with Crippen molar-refractivity contribution in [3.05, 3.63) is 63.8 Å². The predicted octanol–water partition coefficient (Wildman–Crippen LogP) is 4.25. The number of sulfonamides is 1. The molecule has 0 fully saturated rings. The maximum absolute atomic E-state index is 13.1. The summed E-state index contributed by atoms with van der Waals surface area (Å²) in [5.74, 6) is 0.605. The maximum atomic E-state index is 13.1. The van der Waals surface area contributed by atoms with Gasteiger partial charge in [-0.3, -0.25) is 9.10 Å². The van der Waals surface area contributed by atoms with Gasteiger partial charge in [0.15, 0.2) is 11.5 Å². The van der Waals surface area contributed by atoms with Crippen LogP contribution in [0.3, 0.4) is 0 Å². The Labute approximate surface area is 182 Å². The van der Waals surface area contributed by atoms with Crippen LogP contribution in [0.4, 0.5) is 11.4 Å². The lowest BCUT2D eigenvalue weighted by Crippen LogP contribution is -2.28. The number of carbonyl (C=O) groups is 1. The fraction of sp³-hybridized carbons (Fsp3) is 0.150. The topological polar surface area (TPSA) is 84.9 Å². The van der Waals surface area contributed by atoms with Gasteiger partial charge in [0, 0.05) is 23.8 Å². The van der Waals surface area contributed by atoms with Crippen LogP contribution in [0, 0.1) is 0 Å². The molecule has 1 N–H and O–H groups in total. The van der Waals surface area contributed by atoms with Crippen LogP contribution >= 0.6 is 22.9 Å². The highest BCUT2D eigenvalue weighted by atomic mass is 35.5. The van der Waals surface area contributed by atoms with Crippen molar-refractivity contribution < 1.29 is 22.7 Å². The molecular formula is C20H17ClN2O5S2. The summed E-state index contributed by atoms with van der Waals surface area (Å²) in [5.41, 5.74) is 0.913. The molecular weight excluding hydrogens is 448 g/mol. The zero-order chi connectivity index (χ0) is 21.3. The lowest BCUT2D eigenvalue weighted by molar-refractivity contribution is 0.102. The number of rotatable bonds is 5. The van der Waals surface area contributed by atoms with Gasteiger partial charge in [-0.2, -0.15) is 0 Å². The monoisotopic (exact) mass is 464 g/mol. The van der Waals surface area contributed by atoms with Gasteiger partial charge >= 0.3 is 0 Å². The normalized spacial score (nSPS) is 13.0. The summed E-state index contributed by atoms with van der Waals surface area (Å²) in [6.07, 6.45) is 0. The van der Waals surface area contributed by atoms with E-state index in [0.29, 0.717) is 41.1 Å². The van der Waals surface area contributed by atoms with Gasteiger partial charge in [0.2, 0.25) is 0 Å². The lowest BCUT2D eigenvalue weighted by Gasteiger charge is -2.20. The van der Waals surface area contributed by atoms with Gasteiger partial charge in [-0.1, -0.05) is 11.6 Å².